The van der Waals surface area contributed by atoms with Gasteiger partial charge < -0.3 is 0 Å². The summed E-state index contributed by atoms with van der Waals surface area (Å²) in [5.41, 5.74) is -0.138. The maximum absolute atomic E-state index is 12.9. The minimum Gasteiger partial charge on any atom is -0.265 e. The molecule has 1 heterocycles. The van der Waals surface area contributed by atoms with Crippen molar-refractivity contribution in [3.63, 3.8) is 0 Å². The maximum Gasteiger partial charge on any atom is 0.371 e. The van der Waals surface area contributed by atoms with Gasteiger partial charge in [0.05, 0.1) is 11.8 Å². The first-order chi connectivity index (χ1) is 7.70. The van der Waals surface area contributed by atoms with Crippen LogP contribution in [0.2, 0.25) is 0 Å². The van der Waals surface area contributed by atoms with Gasteiger partial charge in [-0.25, -0.2) is 8.78 Å². The van der Waals surface area contributed by atoms with Crippen molar-refractivity contribution in [2.45, 2.75) is 24.8 Å². The third-order valence-electron chi connectivity index (χ3n) is 1.88. The number of halogens is 6. The second-order valence-corrected chi connectivity index (χ2v) is 3.17. The van der Waals surface area contributed by atoms with Crippen molar-refractivity contribution in [3.05, 3.63) is 18.0 Å². The lowest BCUT2D eigenvalue weighted by Crippen LogP contribution is -2.49. The predicted octanol–water partition coefficient (Wildman–Crippen LogP) is 2.29. The molecule has 0 aliphatic carbocycles. The van der Waals surface area contributed by atoms with Crippen LogP contribution in [0.4, 0.5) is 26.3 Å². The van der Waals surface area contributed by atoms with E-state index in [1.165, 1.54) is 6.07 Å². The molecule has 0 atom stereocenters. The first-order valence-corrected chi connectivity index (χ1v) is 4.17. The molecule has 0 saturated heterocycles. The lowest BCUT2D eigenvalue weighted by atomic mass is 10.2. The number of hydrogen-bond donors (Lipinski definition) is 0. The van der Waals surface area contributed by atoms with Crippen molar-refractivity contribution in [3.8, 4) is 6.07 Å². The molecule has 94 valence electrons. The third-order valence-corrected chi connectivity index (χ3v) is 1.88. The van der Waals surface area contributed by atoms with Crippen molar-refractivity contribution in [1.82, 2.24) is 9.78 Å². The Morgan fingerprint density at radius 1 is 1.35 bits per heavy atom. The maximum atomic E-state index is 12.9. The lowest BCUT2D eigenvalue weighted by Gasteiger charge is -2.25. The number of hydrogen-bond acceptors (Lipinski definition) is 2. The molecule has 3 nitrogen and oxygen atoms in total. The van der Waals surface area contributed by atoms with Crippen molar-refractivity contribution in [2.24, 2.45) is 0 Å². The number of aromatic nitrogens is 2. The molecular weight excluding hydrogens is 252 g/mol. The first-order valence-electron chi connectivity index (χ1n) is 4.17. The van der Waals surface area contributed by atoms with Gasteiger partial charge in [-0.1, -0.05) is 0 Å². The molecule has 0 unspecified atom stereocenters. The van der Waals surface area contributed by atoms with Gasteiger partial charge >= 0.3 is 18.3 Å². The van der Waals surface area contributed by atoms with Crippen LogP contribution in [0.15, 0.2) is 12.4 Å². The summed E-state index contributed by atoms with van der Waals surface area (Å²) in [4.78, 5) is 0. The van der Waals surface area contributed by atoms with E-state index in [1.54, 1.807) is 0 Å². The zero-order valence-corrected chi connectivity index (χ0v) is 8.05. The monoisotopic (exact) mass is 257 g/mol. The Hall–Kier alpha value is -1.72. The Morgan fingerprint density at radius 3 is 2.35 bits per heavy atom. The summed E-state index contributed by atoms with van der Waals surface area (Å²) < 4.78 is 74.6. The average Bonchev–Trinajstić information content (AvgIpc) is 2.64. The fourth-order valence-electron chi connectivity index (χ4n) is 0.976. The van der Waals surface area contributed by atoms with E-state index in [-0.39, 0.29) is 5.56 Å². The van der Waals surface area contributed by atoms with Gasteiger partial charge in [0.25, 0.3) is 0 Å². The second-order valence-electron chi connectivity index (χ2n) is 3.17. The average molecular weight is 257 g/mol. The van der Waals surface area contributed by atoms with Gasteiger partial charge in [0.1, 0.15) is 12.6 Å². The molecule has 0 N–H and O–H groups in total. The van der Waals surface area contributed by atoms with E-state index < -0.39 is 24.8 Å². The van der Waals surface area contributed by atoms with Gasteiger partial charge in [0.2, 0.25) is 0 Å². The van der Waals surface area contributed by atoms with Crippen LogP contribution in [-0.4, -0.2) is 28.1 Å². The van der Waals surface area contributed by atoms with Crippen molar-refractivity contribution >= 4 is 0 Å². The number of alkyl halides is 6. The standard InChI is InChI=1S/C8H5F6N3/c9-6(10)8(13,14)7(11,12)4-17-3-5(1-15)2-16-17/h2-3,6H,4H2. The summed E-state index contributed by atoms with van der Waals surface area (Å²) in [5, 5.41) is 11.5. The molecule has 0 bridgehead atoms. The molecule has 0 saturated carbocycles. The largest absolute Gasteiger partial charge is 0.371 e. The van der Waals surface area contributed by atoms with Gasteiger partial charge in [-0.05, 0) is 0 Å². The van der Waals surface area contributed by atoms with Crippen LogP contribution in [0, 0.1) is 11.3 Å². The van der Waals surface area contributed by atoms with Gasteiger partial charge in [-0.15, -0.1) is 0 Å². The van der Waals surface area contributed by atoms with E-state index in [9.17, 15) is 26.3 Å². The van der Waals surface area contributed by atoms with Gasteiger partial charge in [-0.3, -0.25) is 4.68 Å². The van der Waals surface area contributed by atoms with E-state index in [4.69, 9.17) is 5.26 Å². The fraction of sp³-hybridized carbons (Fsp3) is 0.500. The summed E-state index contributed by atoms with van der Waals surface area (Å²) in [6.45, 7) is -1.73. The van der Waals surface area contributed by atoms with Crippen LogP contribution in [0.3, 0.4) is 0 Å². The molecule has 17 heavy (non-hydrogen) atoms. The zero-order chi connectivity index (χ0) is 13.3. The Kier molecular flexibility index (Phi) is 3.35. The van der Waals surface area contributed by atoms with Crippen LogP contribution in [-0.2, 0) is 6.54 Å². The van der Waals surface area contributed by atoms with Crippen molar-refractivity contribution < 1.29 is 26.3 Å². The summed E-state index contributed by atoms with van der Waals surface area (Å²) >= 11 is 0. The molecule has 0 fully saturated rings. The zero-order valence-electron chi connectivity index (χ0n) is 8.05. The lowest BCUT2D eigenvalue weighted by molar-refractivity contribution is -0.269. The van der Waals surface area contributed by atoms with Crippen LogP contribution in [0.1, 0.15) is 5.56 Å². The fourth-order valence-corrected chi connectivity index (χ4v) is 0.976. The van der Waals surface area contributed by atoms with Crippen molar-refractivity contribution in [2.75, 3.05) is 0 Å². The van der Waals surface area contributed by atoms with Gasteiger partial charge in [0.15, 0.2) is 0 Å². The van der Waals surface area contributed by atoms with Gasteiger partial charge in [-0.2, -0.15) is 27.9 Å². The van der Waals surface area contributed by atoms with Crippen LogP contribution in [0.5, 0.6) is 0 Å². The molecule has 0 spiro atoms. The first kappa shape index (κ1) is 13.3. The minimum atomic E-state index is -5.45. The molecule has 1 aromatic heterocycles. The molecule has 1 aromatic rings. The number of nitrogens with zero attached hydrogens (tertiary/aromatic N) is 3. The summed E-state index contributed by atoms with van der Waals surface area (Å²) in [5.74, 6) is -10.4. The normalized spacial score (nSPS) is 12.8. The minimum absolute atomic E-state index is 0.138. The summed E-state index contributed by atoms with van der Waals surface area (Å²) in [6.07, 6.45) is -2.87. The van der Waals surface area contributed by atoms with E-state index in [1.807, 2.05) is 0 Å². The third kappa shape index (κ3) is 2.51. The Balaban J connectivity index is 2.90. The highest BCUT2D eigenvalue weighted by atomic mass is 19.3. The van der Waals surface area contributed by atoms with E-state index in [2.05, 4.69) is 5.10 Å². The highest BCUT2D eigenvalue weighted by Crippen LogP contribution is 2.40. The highest BCUT2D eigenvalue weighted by molar-refractivity contribution is 5.21. The second kappa shape index (κ2) is 4.27. The van der Waals surface area contributed by atoms with E-state index in [0.717, 1.165) is 12.4 Å². The molecule has 0 amide bonds. The molecule has 0 aromatic carbocycles. The number of rotatable bonds is 4. The smallest absolute Gasteiger partial charge is 0.265 e. The Bertz CT molecular complexity index is 433. The molecule has 0 radical (unpaired) electrons. The summed E-state index contributed by atoms with van der Waals surface area (Å²) in [6, 6.07) is 1.53. The summed E-state index contributed by atoms with van der Waals surface area (Å²) in [7, 11) is 0. The molecule has 1 rings (SSSR count). The van der Waals surface area contributed by atoms with E-state index in [0.29, 0.717) is 4.68 Å². The molecule has 0 aliphatic heterocycles. The van der Waals surface area contributed by atoms with Crippen LogP contribution in [0.25, 0.3) is 0 Å². The van der Waals surface area contributed by atoms with Crippen LogP contribution < -0.4 is 0 Å². The molecule has 9 heteroatoms. The Labute approximate surface area is 91.2 Å². The van der Waals surface area contributed by atoms with Crippen molar-refractivity contribution in [1.29, 1.82) is 5.26 Å². The topological polar surface area (TPSA) is 41.6 Å². The quantitative estimate of drug-likeness (QED) is 0.776. The number of nitriles is 1. The molecular formula is C8H5F6N3. The van der Waals surface area contributed by atoms with Gasteiger partial charge in [0, 0.05) is 6.20 Å². The SMILES string of the molecule is N#Cc1cnn(CC(F)(F)C(F)(F)C(F)F)c1. The van der Waals surface area contributed by atoms with Crippen LogP contribution >= 0.6 is 0 Å². The van der Waals surface area contributed by atoms with E-state index >= 15 is 0 Å². The predicted molar refractivity (Wildman–Crippen MR) is 42.8 cm³/mol. The molecule has 0 aliphatic rings. The highest BCUT2D eigenvalue weighted by Gasteiger charge is 2.63. The Morgan fingerprint density at radius 2 is 1.94 bits per heavy atom.